The van der Waals surface area contributed by atoms with E-state index in [2.05, 4.69) is 0 Å². The van der Waals surface area contributed by atoms with Gasteiger partial charge in [0.25, 0.3) is 0 Å². The fraction of sp³-hybridized carbons (Fsp3) is 0.188. The average Bonchev–Trinajstić information content (AvgIpc) is 2.90. The predicted molar refractivity (Wildman–Crippen MR) is 142 cm³/mol. The second-order valence-corrected chi connectivity index (χ2v) is 8.87. The summed E-state index contributed by atoms with van der Waals surface area (Å²) in [4.78, 5) is 24.9. The predicted octanol–water partition coefficient (Wildman–Crippen LogP) is 6.67. The van der Waals surface area contributed by atoms with Crippen molar-refractivity contribution in [2.75, 3.05) is 0 Å². The van der Waals surface area contributed by atoms with Crippen LogP contribution in [0, 0.1) is 0 Å². The molecule has 4 aromatic rings. The van der Waals surface area contributed by atoms with Gasteiger partial charge in [0.1, 0.15) is 12.2 Å². The summed E-state index contributed by atoms with van der Waals surface area (Å²) in [6.45, 7) is 3.48. The molecule has 2 unspecified atom stereocenters. The van der Waals surface area contributed by atoms with Crippen molar-refractivity contribution in [3.05, 3.63) is 120 Å². The van der Waals surface area contributed by atoms with Crippen LogP contribution in [0.15, 0.2) is 109 Å². The lowest BCUT2D eigenvalue weighted by Gasteiger charge is -2.21. The van der Waals surface area contributed by atoms with Gasteiger partial charge in [-0.3, -0.25) is 9.59 Å². The van der Waals surface area contributed by atoms with E-state index in [0.29, 0.717) is 0 Å². The van der Waals surface area contributed by atoms with Gasteiger partial charge in [-0.1, -0.05) is 109 Å². The first-order chi connectivity index (χ1) is 17.5. The lowest BCUT2D eigenvalue weighted by molar-refractivity contribution is -0.164. The van der Waals surface area contributed by atoms with Crippen molar-refractivity contribution < 1.29 is 19.1 Å². The van der Waals surface area contributed by atoms with Gasteiger partial charge in [-0.2, -0.15) is 0 Å². The minimum absolute atomic E-state index is 0.161. The van der Waals surface area contributed by atoms with Crippen molar-refractivity contribution in [1.29, 1.82) is 0 Å². The summed E-state index contributed by atoms with van der Waals surface area (Å²) >= 11 is 0. The summed E-state index contributed by atoms with van der Waals surface area (Å²) in [5.41, 5.74) is 6.18. The topological polar surface area (TPSA) is 52.6 Å². The second-order valence-electron chi connectivity index (χ2n) is 8.87. The molecular weight excluding hydrogens is 448 g/mol. The number of benzene rings is 4. The molecule has 182 valence electrons. The Kier molecular flexibility index (Phi) is 8.30. The van der Waals surface area contributed by atoms with Crippen LogP contribution in [0.2, 0.25) is 0 Å². The van der Waals surface area contributed by atoms with Crippen LogP contribution in [0.25, 0.3) is 22.3 Å². The number of esters is 2. The minimum atomic E-state index is -0.550. The van der Waals surface area contributed by atoms with Gasteiger partial charge >= 0.3 is 11.9 Å². The third-order valence-corrected chi connectivity index (χ3v) is 6.11. The van der Waals surface area contributed by atoms with E-state index in [0.717, 1.165) is 33.4 Å². The molecule has 0 bridgehead atoms. The molecule has 4 rings (SSSR count). The highest BCUT2D eigenvalue weighted by molar-refractivity contribution is 5.75. The molecule has 2 atom stereocenters. The van der Waals surface area contributed by atoms with Gasteiger partial charge in [0, 0.05) is 0 Å². The number of carbonyl (C=O) groups is 2. The largest absolute Gasteiger partial charge is 0.458 e. The highest BCUT2D eigenvalue weighted by Gasteiger charge is 2.21. The van der Waals surface area contributed by atoms with Crippen molar-refractivity contribution >= 4 is 11.9 Å². The first-order valence-corrected chi connectivity index (χ1v) is 12.2. The summed E-state index contributed by atoms with van der Waals surface area (Å²) in [7, 11) is 0. The molecule has 0 spiro atoms. The maximum Gasteiger partial charge on any atom is 0.310 e. The third-order valence-electron chi connectivity index (χ3n) is 6.11. The maximum absolute atomic E-state index is 12.4. The molecule has 0 radical (unpaired) electrons. The molecule has 0 aliphatic heterocycles. The molecule has 0 fully saturated rings. The summed E-state index contributed by atoms with van der Waals surface area (Å²) in [6.07, 6.45) is -0.780. The van der Waals surface area contributed by atoms with Crippen molar-refractivity contribution in [3.8, 4) is 22.3 Å². The van der Waals surface area contributed by atoms with Crippen LogP contribution in [-0.2, 0) is 31.9 Å². The van der Waals surface area contributed by atoms with Crippen LogP contribution in [0.1, 0.15) is 25.0 Å². The number of hydrogen-bond acceptors (Lipinski definition) is 4. The lowest BCUT2D eigenvalue weighted by Crippen LogP contribution is -2.31. The Bertz CT molecular complexity index is 1160. The Hall–Kier alpha value is -4.18. The highest BCUT2D eigenvalue weighted by Crippen LogP contribution is 2.21. The summed E-state index contributed by atoms with van der Waals surface area (Å²) in [6, 6.07) is 35.9. The van der Waals surface area contributed by atoms with Crippen molar-refractivity contribution in [2.24, 2.45) is 0 Å². The van der Waals surface area contributed by atoms with Gasteiger partial charge in [0.15, 0.2) is 0 Å². The zero-order chi connectivity index (χ0) is 25.3. The Morgan fingerprint density at radius 2 is 0.806 bits per heavy atom. The Labute approximate surface area is 212 Å². The monoisotopic (exact) mass is 478 g/mol. The fourth-order valence-electron chi connectivity index (χ4n) is 3.91. The first kappa shape index (κ1) is 24.9. The number of carbonyl (C=O) groups excluding carboxylic acids is 2. The summed E-state index contributed by atoms with van der Waals surface area (Å²) < 4.78 is 11.1. The van der Waals surface area contributed by atoms with E-state index in [9.17, 15) is 9.59 Å². The Morgan fingerprint density at radius 3 is 1.14 bits per heavy atom. The molecule has 0 aromatic heterocycles. The van der Waals surface area contributed by atoms with Crippen LogP contribution < -0.4 is 0 Å². The van der Waals surface area contributed by atoms with E-state index in [1.807, 2.05) is 109 Å². The molecule has 0 N–H and O–H groups in total. The van der Waals surface area contributed by atoms with Gasteiger partial charge in [-0.05, 0) is 47.2 Å². The second kappa shape index (κ2) is 12.0. The molecule has 4 heteroatoms. The standard InChI is InChI=1S/C32H30O4/c1-23(35-31(33)21-25-13-17-29(18-14-25)27-9-5-3-6-10-27)24(2)36-32(34)22-26-15-19-30(20-16-26)28-11-7-4-8-12-28/h3-20,23-24H,21-22H2,1-2H3. The Balaban J connectivity index is 1.23. The van der Waals surface area contributed by atoms with Crippen LogP contribution >= 0.6 is 0 Å². The molecule has 0 aliphatic rings. The summed E-state index contributed by atoms with van der Waals surface area (Å²) in [5.74, 6) is -0.705. The maximum atomic E-state index is 12.4. The van der Waals surface area contributed by atoms with Crippen LogP contribution in [0.3, 0.4) is 0 Å². The van der Waals surface area contributed by atoms with Crippen LogP contribution in [-0.4, -0.2) is 24.1 Å². The van der Waals surface area contributed by atoms with Gasteiger partial charge < -0.3 is 9.47 Å². The van der Waals surface area contributed by atoms with E-state index in [-0.39, 0.29) is 24.8 Å². The minimum Gasteiger partial charge on any atom is -0.458 e. The average molecular weight is 479 g/mol. The summed E-state index contributed by atoms with van der Waals surface area (Å²) in [5, 5.41) is 0. The number of rotatable bonds is 9. The van der Waals surface area contributed by atoms with Crippen LogP contribution in [0.5, 0.6) is 0 Å². The van der Waals surface area contributed by atoms with E-state index in [1.165, 1.54) is 0 Å². The van der Waals surface area contributed by atoms with Crippen LogP contribution in [0.4, 0.5) is 0 Å². The molecule has 0 saturated heterocycles. The van der Waals surface area contributed by atoms with Crippen molar-refractivity contribution in [2.45, 2.75) is 38.9 Å². The van der Waals surface area contributed by atoms with E-state index in [1.54, 1.807) is 13.8 Å². The van der Waals surface area contributed by atoms with Gasteiger partial charge in [-0.15, -0.1) is 0 Å². The SMILES string of the molecule is CC(OC(=O)Cc1ccc(-c2ccccc2)cc1)C(C)OC(=O)Cc1ccc(-c2ccccc2)cc1. The van der Waals surface area contributed by atoms with Crippen molar-refractivity contribution in [3.63, 3.8) is 0 Å². The molecule has 4 aromatic carbocycles. The van der Waals surface area contributed by atoms with E-state index >= 15 is 0 Å². The molecule has 0 amide bonds. The number of hydrogen-bond donors (Lipinski definition) is 0. The zero-order valence-electron chi connectivity index (χ0n) is 20.6. The normalized spacial score (nSPS) is 12.4. The molecule has 36 heavy (non-hydrogen) atoms. The fourth-order valence-corrected chi connectivity index (χ4v) is 3.91. The quantitative estimate of drug-likeness (QED) is 0.252. The highest BCUT2D eigenvalue weighted by atomic mass is 16.6. The smallest absolute Gasteiger partial charge is 0.310 e. The lowest BCUT2D eigenvalue weighted by atomic mass is 10.0. The number of ether oxygens (including phenoxy) is 2. The molecule has 4 nitrogen and oxygen atoms in total. The van der Waals surface area contributed by atoms with E-state index < -0.39 is 12.2 Å². The zero-order valence-corrected chi connectivity index (χ0v) is 20.6. The van der Waals surface area contributed by atoms with E-state index in [4.69, 9.17) is 9.47 Å². The molecule has 0 heterocycles. The van der Waals surface area contributed by atoms with Gasteiger partial charge in [-0.25, -0.2) is 0 Å². The molecule has 0 saturated carbocycles. The van der Waals surface area contributed by atoms with Gasteiger partial charge in [0.05, 0.1) is 12.8 Å². The third kappa shape index (κ3) is 6.92. The van der Waals surface area contributed by atoms with Gasteiger partial charge in [0.2, 0.25) is 0 Å². The Morgan fingerprint density at radius 1 is 0.500 bits per heavy atom. The first-order valence-electron chi connectivity index (χ1n) is 12.2. The molecule has 0 aliphatic carbocycles. The van der Waals surface area contributed by atoms with Crippen molar-refractivity contribution in [1.82, 2.24) is 0 Å². The molecular formula is C32H30O4.